The van der Waals surface area contributed by atoms with E-state index in [0.717, 1.165) is 11.8 Å². The molecular formula is C18H25FO10S. The number of benzene rings is 1. The van der Waals surface area contributed by atoms with E-state index in [0.29, 0.717) is 4.90 Å². The Hall–Kier alpha value is -0.900. The first-order chi connectivity index (χ1) is 14.1. The summed E-state index contributed by atoms with van der Waals surface area (Å²) in [6.45, 7) is -1.64. The number of rotatable bonds is 5. The van der Waals surface area contributed by atoms with Crippen LogP contribution in [0.1, 0.15) is 0 Å². The molecule has 2 fully saturated rings. The molecule has 2 saturated heterocycles. The van der Waals surface area contributed by atoms with Crippen molar-refractivity contribution in [1.29, 1.82) is 0 Å². The fourth-order valence-corrected chi connectivity index (χ4v) is 4.77. The van der Waals surface area contributed by atoms with Crippen molar-refractivity contribution < 1.29 is 54.7 Å². The summed E-state index contributed by atoms with van der Waals surface area (Å²) in [6.07, 6.45) is -14.1. The van der Waals surface area contributed by atoms with E-state index in [4.69, 9.17) is 9.47 Å². The number of thioether (sulfide) groups is 1. The zero-order valence-electron chi connectivity index (χ0n) is 15.6. The summed E-state index contributed by atoms with van der Waals surface area (Å²) >= 11 is 0.905. The molecule has 0 saturated carbocycles. The largest absolute Gasteiger partial charge is 0.394 e. The van der Waals surface area contributed by atoms with Crippen LogP contribution in [0.2, 0.25) is 0 Å². The van der Waals surface area contributed by atoms with Crippen molar-refractivity contribution in [3.8, 4) is 0 Å². The maximum absolute atomic E-state index is 13.1. The van der Waals surface area contributed by atoms with Crippen LogP contribution in [0.15, 0.2) is 29.2 Å². The van der Waals surface area contributed by atoms with Gasteiger partial charge in [-0.3, -0.25) is 0 Å². The molecule has 0 bridgehead atoms. The molecule has 1 aromatic rings. The molecule has 2 heterocycles. The molecule has 10 nitrogen and oxygen atoms in total. The lowest BCUT2D eigenvalue weighted by Gasteiger charge is -2.54. The monoisotopic (exact) mass is 452 g/mol. The van der Waals surface area contributed by atoms with E-state index in [2.05, 4.69) is 0 Å². The molecule has 170 valence electrons. The number of hydrogen-bond donors (Lipinski definition) is 8. The van der Waals surface area contributed by atoms with Crippen LogP contribution in [0, 0.1) is 5.82 Å². The van der Waals surface area contributed by atoms with Gasteiger partial charge in [0.05, 0.1) is 13.2 Å². The van der Waals surface area contributed by atoms with Gasteiger partial charge in [0.25, 0.3) is 0 Å². The third-order valence-corrected chi connectivity index (χ3v) is 6.64. The van der Waals surface area contributed by atoms with Crippen LogP contribution in [0.5, 0.6) is 0 Å². The summed E-state index contributed by atoms with van der Waals surface area (Å²) in [5.41, 5.74) is -3.80. The third kappa shape index (κ3) is 4.10. The standard InChI is InChI=1S/C18H25FO10S/c19-7-1-3-8(4-2-7)30-17-14(25)15(26)18(27,10(6-21)29-17)16-13(24)12(23)11(22)9(5-20)28-16/h1-4,9-17,20-27H,5-6H2/t9-,10-,11-,12+,13-,14-,15-,16-,17+,18-/m1/s1. The second-order valence-electron chi connectivity index (χ2n) is 7.32. The van der Waals surface area contributed by atoms with Crippen LogP contribution in [0.3, 0.4) is 0 Å². The molecule has 0 amide bonds. The maximum atomic E-state index is 13.1. The van der Waals surface area contributed by atoms with Crippen molar-refractivity contribution >= 4 is 11.8 Å². The van der Waals surface area contributed by atoms with Gasteiger partial charge in [0.2, 0.25) is 0 Å². The molecule has 1 aromatic carbocycles. The molecule has 0 unspecified atom stereocenters. The lowest BCUT2D eigenvalue weighted by atomic mass is 9.75. The Labute approximate surface area is 175 Å². The maximum Gasteiger partial charge on any atom is 0.150 e. The Morgan fingerprint density at radius 1 is 0.867 bits per heavy atom. The zero-order valence-corrected chi connectivity index (χ0v) is 16.4. The molecular weight excluding hydrogens is 427 g/mol. The normalized spacial score (nSPS) is 44.8. The summed E-state index contributed by atoms with van der Waals surface area (Å²) < 4.78 is 24.0. The molecule has 2 aliphatic heterocycles. The van der Waals surface area contributed by atoms with E-state index in [1.807, 2.05) is 0 Å². The van der Waals surface area contributed by atoms with Crippen molar-refractivity contribution in [3.63, 3.8) is 0 Å². The lowest BCUT2D eigenvalue weighted by molar-refractivity contribution is -0.337. The van der Waals surface area contributed by atoms with Crippen molar-refractivity contribution in [3.05, 3.63) is 30.1 Å². The Morgan fingerprint density at radius 3 is 2.07 bits per heavy atom. The van der Waals surface area contributed by atoms with Gasteiger partial charge in [0.1, 0.15) is 60.1 Å². The molecule has 8 N–H and O–H groups in total. The van der Waals surface area contributed by atoms with Crippen molar-refractivity contribution in [2.24, 2.45) is 0 Å². The molecule has 0 spiro atoms. The van der Waals surface area contributed by atoms with E-state index < -0.39 is 78.9 Å². The minimum Gasteiger partial charge on any atom is -0.394 e. The Kier molecular flexibility index (Phi) is 7.37. The van der Waals surface area contributed by atoms with Crippen molar-refractivity contribution in [2.45, 2.75) is 64.8 Å². The third-order valence-electron chi connectivity index (χ3n) is 5.47. The van der Waals surface area contributed by atoms with Crippen molar-refractivity contribution in [1.82, 2.24) is 0 Å². The summed E-state index contributed by atoms with van der Waals surface area (Å²) in [4.78, 5) is 0.475. The van der Waals surface area contributed by atoms with E-state index in [9.17, 15) is 45.2 Å². The predicted molar refractivity (Wildman–Crippen MR) is 98.7 cm³/mol. The number of ether oxygens (including phenoxy) is 2. The summed E-state index contributed by atoms with van der Waals surface area (Å²) in [6, 6.07) is 5.19. The number of aliphatic hydroxyl groups excluding tert-OH is 7. The van der Waals surface area contributed by atoms with Crippen molar-refractivity contribution in [2.75, 3.05) is 13.2 Å². The quantitative estimate of drug-likeness (QED) is 0.227. The highest BCUT2D eigenvalue weighted by atomic mass is 32.2. The van der Waals surface area contributed by atoms with Crippen LogP contribution >= 0.6 is 11.8 Å². The van der Waals surface area contributed by atoms with Gasteiger partial charge in [-0.1, -0.05) is 11.8 Å². The SMILES string of the molecule is OC[C@H]1O[C@@H]([C@]2(O)[C@H](O)[C@@H](O)[C@H](Sc3ccc(F)cc3)O[C@@H]2CO)[C@H](O)[C@@H](O)[C@@H]1O. The molecule has 0 radical (unpaired) electrons. The zero-order chi connectivity index (χ0) is 22.2. The summed E-state index contributed by atoms with van der Waals surface area (Å²) in [5.74, 6) is -0.477. The van der Waals surface area contributed by atoms with Gasteiger partial charge < -0.3 is 50.3 Å². The fourth-order valence-electron chi connectivity index (χ4n) is 3.73. The summed E-state index contributed by atoms with van der Waals surface area (Å²) in [5, 5.41) is 81.8. The van der Waals surface area contributed by atoms with Gasteiger partial charge in [-0.05, 0) is 24.3 Å². The molecule has 30 heavy (non-hydrogen) atoms. The Morgan fingerprint density at radius 2 is 1.50 bits per heavy atom. The second kappa shape index (κ2) is 9.30. The topological polar surface area (TPSA) is 180 Å². The highest BCUT2D eigenvalue weighted by Crippen LogP contribution is 2.42. The average molecular weight is 452 g/mol. The minimum absolute atomic E-state index is 0.475. The molecule has 0 aromatic heterocycles. The number of aliphatic hydroxyl groups is 8. The Bertz CT molecular complexity index is 705. The van der Waals surface area contributed by atoms with Crippen LogP contribution in [0.25, 0.3) is 0 Å². The van der Waals surface area contributed by atoms with E-state index in [-0.39, 0.29) is 0 Å². The highest BCUT2D eigenvalue weighted by molar-refractivity contribution is 7.99. The Balaban J connectivity index is 1.87. The molecule has 3 rings (SSSR count). The van der Waals surface area contributed by atoms with Gasteiger partial charge in [0.15, 0.2) is 5.60 Å². The van der Waals surface area contributed by atoms with E-state index in [1.165, 1.54) is 24.3 Å². The first-order valence-corrected chi connectivity index (χ1v) is 10.1. The van der Waals surface area contributed by atoms with E-state index in [1.54, 1.807) is 0 Å². The molecule has 12 heteroatoms. The highest BCUT2D eigenvalue weighted by Gasteiger charge is 2.63. The lowest BCUT2D eigenvalue weighted by Crippen LogP contribution is -2.76. The first-order valence-electron chi connectivity index (χ1n) is 9.22. The molecule has 10 atom stereocenters. The van der Waals surface area contributed by atoms with Crippen LogP contribution < -0.4 is 0 Å². The minimum atomic E-state index is -2.61. The molecule has 0 aliphatic carbocycles. The van der Waals surface area contributed by atoms with Gasteiger partial charge >= 0.3 is 0 Å². The van der Waals surface area contributed by atoms with Crippen LogP contribution in [0.4, 0.5) is 4.39 Å². The summed E-state index contributed by atoms with van der Waals surface area (Å²) in [7, 11) is 0. The van der Waals surface area contributed by atoms with Gasteiger partial charge in [-0.2, -0.15) is 0 Å². The number of hydrogen-bond acceptors (Lipinski definition) is 11. The second-order valence-corrected chi connectivity index (χ2v) is 8.49. The first kappa shape index (κ1) is 23.8. The fraction of sp³-hybridized carbons (Fsp3) is 0.667. The molecule has 2 aliphatic rings. The van der Waals surface area contributed by atoms with Gasteiger partial charge in [-0.15, -0.1) is 0 Å². The average Bonchev–Trinajstić information content (AvgIpc) is 2.74. The van der Waals surface area contributed by atoms with Gasteiger partial charge in [0, 0.05) is 4.90 Å². The van der Waals surface area contributed by atoms with Gasteiger partial charge in [-0.25, -0.2) is 4.39 Å². The van der Waals surface area contributed by atoms with Crippen LogP contribution in [-0.4, -0.2) is 114 Å². The van der Waals surface area contributed by atoms with E-state index >= 15 is 0 Å². The number of halogens is 1. The smallest absolute Gasteiger partial charge is 0.150 e. The predicted octanol–water partition coefficient (Wildman–Crippen LogP) is -3.07. The van der Waals surface area contributed by atoms with Crippen LogP contribution in [-0.2, 0) is 9.47 Å².